The summed E-state index contributed by atoms with van der Waals surface area (Å²) in [6, 6.07) is 0. The van der Waals surface area contributed by atoms with Crippen molar-refractivity contribution < 1.29 is 19.4 Å². The fourth-order valence-electron chi connectivity index (χ4n) is 1.54. The van der Waals surface area contributed by atoms with Gasteiger partial charge in [0.2, 0.25) is 0 Å². The lowest BCUT2D eigenvalue weighted by molar-refractivity contribution is -0.147. The van der Waals surface area contributed by atoms with Crippen molar-refractivity contribution in [1.29, 1.82) is 0 Å². The molecule has 92 valence electrons. The lowest BCUT2D eigenvalue weighted by Crippen LogP contribution is -2.23. The lowest BCUT2D eigenvalue weighted by atomic mass is 9.89. The Kier molecular flexibility index (Phi) is 5.78. The van der Waals surface area contributed by atoms with Gasteiger partial charge in [-0.05, 0) is 26.7 Å². The molecule has 0 spiro atoms. The highest BCUT2D eigenvalue weighted by Gasteiger charge is 2.35. The molecule has 1 aliphatic rings. The van der Waals surface area contributed by atoms with E-state index >= 15 is 0 Å². The number of rotatable bonds is 2. The molecule has 0 heterocycles. The van der Waals surface area contributed by atoms with Gasteiger partial charge in [0.25, 0.3) is 0 Å². The van der Waals surface area contributed by atoms with Crippen molar-refractivity contribution in [3.8, 4) is 0 Å². The van der Waals surface area contributed by atoms with Gasteiger partial charge in [0, 0.05) is 5.57 Å². The SMILES string of the molecule is C=C(C)C(=O)OC.CC1(C(=O)O)CCCC1. The van der Waals surface area contributed by atoms with Crippen molar-refractivity contribution in [2.24, 2.45) is 5.41 Å². The van der Waals surface area contributed by atoms with E-state index < -0.39 is 5.97 Å². The molecule has 0 amide bonds. The molecule has 0 atom stereocenters. The predicted molar refractivity (Wildman–Crippen MR) is 61.0 cm³/mol. The Balaban J connectivity index is 0.000000293. The topological polar surface area (TPSA) is 63.6 Å². The number of carboxylic acid groups (broad SMARTS) is 1. The summed E-state index contributed by atoms with van der Waals surface area (Å²) < 4.78 is 4.27. The molecule has 0 aromatic heterocycles. The van der Waals surface area contributed by atoms with Gasteiger partial charge in [-0.25, -0.2) is 4.79 Å². The van der Waals surface area contributed by atoms with Crippen LogP contribution in [0.4, 0.5) is 0 Å². The molecule has 0 saturated heterocycles. The van der Waals surface area contributed by atoms with Crippen LogP contribution in [0, 0.1) is 5.41 Å². The molecule has 4 nitrogen and oxygen atoms in total. The third-order valence-corrected chi connectivity index (χ3v) is 2.76. The lowest BCUT2D eigenvalue weighted by Gasteiger charge is -2.15. The molecule has 0 bridgehead atoms. The maximum Gasteiger partial charge on any atom is 0.332 e. The van der Waals surface area contributed by atoms with Crippen molar-refractivity contribution in [3.63, 3.8) is 0 Å². The highest BCUT2D eigenvalue weighted by Crippen LogP contribution is 2.37. The van der Waals surface area contributed by atoms with E-state index in [-0.39, 0.29) is 11.4 Å². The summed E-state index contributed by atoms with van der Waals surface area (Å²) in [4.78, 5) is 20.7. The average Bonchev–Trinajstić information content (AvgIpc) is 2.66. The molecule has 4 heteroatoms. The van der Waals surface area contributed by atoms with Crippen LogP contribution >= 0.6 is 0 Å². The number of methoxy groups -OCH3 is 1. The van der Waals surface area contributed by atoms with E-state index in [0.29, 0.717) is 5.57 Å². The van der Waals surface area contributed by atoms with Crippen LogP contribution in [0.1, 0.15) is 39.5 Å². The third-order valence-electron chi connectivity index (χ3n) is 2.76. The molecule has 0 aromatic rings. The summed E-state index contributed by atoms with van der Waals surface area (Å²) in [5.74, 6) is -0.972. The Morgan fingerprint density at radius 3 is 1.88 bits per heavy atom. The van der Waals surface area contributed by atoms with E-state index in [2.05, 4.69) is 11.3 Å². The van der Waals surface area contributed by atoms with Gasteiger partial charge in [-0.15, -0.1) is 0 Å². The first kappa shape index (κ1) is 14.7. The number of hydrogen-bond donors (Lipinski definition) is 1. The van der Waals surface area contributed by atoms with Gasteiger partial charge >= 0.3 is 11.9 Å². The maximum absolute atomic E-state index is 10.5. The van der Waals surface area contributed by atoms with Gasteiger partial charge < -0.3 is 9.84 Å². The minimum atomic E-state index is -0.625. The number of carboxylic acids is 1. The normalized spacial score (nSPS) is 16.9. The van der Waals surface area contributed by atoms with Crippen LogP contribution in [0.3, 0.4) is 0 Å². The fourth-order valence-corrected chi connectivity index (χ4v) is 1.54. The van der Waals surface area contributed by atoms with Crippen molar-refractivity contribution in [2.75, 3.05) is 7.11 Å². The highest BCUT2D eigenvalue weighted by atomic mass is 16.5. The van der Waals surface area contributed by atoms with Crippen molar-refractivity contribution >= 4 is 11.9 Å². The second-order valence-electron chi connectivity index (χ2n) is 4.34. The Morgan fingerprint density at radius 1 is 1.31 bits per heavy atom. The van der Waals surface area contributed by atoms with Crippen LogP contribution in [0.2, 0.25) is 0 Å². The molecular weight excluding hydrogens is 208 g/mol. The number of carbonyl (C=O) groups is 2. The number of aliphatic carboxylic acids is 1. The molecule has 1 aliphatic carbocycles. The quantitative estimate of drug-likeness (QED) is 0.582. The zero-order chi connectivity index (χ0) is 12.8. The van der Waals surface area contributed by atoms with Crippen molar-refractivity contribution in [1.82, 2.24) is 0 Å². The van der Waals surface area contributed by atoms with Crippen LogP contribution in [-0.2, 0) is 14.3 Å². The first-order valence-corrected chi connectivity index (χ1v) is 5.30. The minimum Gasteiger partial charge on any atom is -0.481 e. The summed E-state index contributed by atoms with van der Waals surface area (Å²) in [5.41, 5.74) is 0.0440. The Labute approximate surface area is 96.3 Å². The van der Waals surface area contributed by atoms with Crippen LogP contribution in [0.5, 0.6) is 0 Å². The Bertz CT molecular complexity index is 275. The van der Waals surface area contributed by atoms with Crippen LogP contribution < -0.4 is 0 Å². The maximum atomic E-state index is 10.5. The van der Waals surface area contributed by atoms with Gasteiger partial charge in [0.05, 0.1) is 12.5 Å². The second-order valence-corrected chi connectivity index (χ2v) is 4.34. The standard InChI is InChI=1S/C7H12O2.C5H8O2/c1-7(6(8)9)4-2-3-5-7;1-4(2)5(6)7-3/h2-5H2,1H3,(H,8,9);1H2,2-3H3. The zero-order valence-corrected chi connectivity index (χ0v) is 10.2. The molecular formula is C12H20O4. The van der Waals surface area contributed by atoms with E-state index in [4.69, 9.17) is 5.11 Å². The predicted octanol–water partition coefficient (Wildman–Crippen LogP) is 2.39. The summed E-state index contributed by atoms with van der Waals surface area (Å²) in [5, 5.41) is 8.67. The summed E-state index contributed by atoms with van der Waals surface area (Å²) in [6.07, 6.45) is 3.90. The van der Waals surface area contributed by atoms with Gasteiger partial charge in [0.15, 0.2) is 0 Å². The van der Waals surface area contributed by atoms with E-state index in [1.54, 1.807) is 6.92 Å². The summed E-state index contributed by atoms with van der Waals surface area (Å²) >= 11 is 0. The molecule has 1 saturated carbocycles. The molecule has 0 unspecified atom stereocenters. The third kappa shape index (κ3) is 4.47. The largest absolute Gasteiger partial charge is 0.481 e. The number of carbonyl (C=O) groups excluding carboxylic acids is 1. The Morgan fingerprint density at radius 2 is 1.75 bits per heavy atom. The highest BCUT2D eigenvalue weighted by molar-refractivity contribution is 5.86. The first-order chi connectivity index (χ1) is 7.33. The van der Waals surface area contributed by atoms with E-state index in [1.807, 2.05) is 6.92 Å². The molecule has 1 N–H and O–H groups in total. The van der Waals surface area contributed by atoms with Crippen molar-refractivity contribution in [2.45, 2.75) is 39.5 Å². The summed E-state index contributed by atoms with van der Waals surface area (Å²) in [6.45, 7) is 6.79. The molecule has 1 rings (SSSR count). The smallest absolute Gasteiger partial charge is 0.332 e. The first-order valence-electron chi connectivity index (χ1n) is 5.30. The molecule has 0 radical (unpaired) electrons. The van der Waals surface area contributed by atoms with E-state index in [0.717, 1.165) is 25.7 Å². The van der Waals surface area contributed by atoms with Crippen LogP contribution in [0.25, 0.3) is 0 Å². The van der Waals surface area contributed by atoms with Crippen LogP contribution in [-0.4, -0.2) is 24.2 Å². The van der Waals surface area contributed by atoms with Gasteiger partial charge in [-0.1, -0.05) is 19.4 Å². The average molecular weight is 228 g/mol. The number of hydrogen-bond acceptors (Lipinski definition) is 3. The fraction of sp³-hybridized carbons (Fsp3) is 0.667. The molecule has 1 fully saturated rings. The van der Waals surface area contributed by atoms with Gasteiger partial charge in [0.1, 0.15) is 0 Å². The van der Waals surface area contributed by atoms with Crippen molar-refractivity contribution in [3.05, 3.63) is 12.2 Å². The minimum absolute atomic E-state index is 0.347. The summed E-state index contributed by atoms with van der Waals surface area (Å²) in [7, 11) is 1.33. The number of ether oxygens (including phenoxy) is 1. The monoisotopic (exact) mass is 228 g/mol. The number of esters is 1. The van der Waals surface area contributed by atoms with E-state index in [9.17, 15) is 9.59 Å². The van der Waals surface area contributed by atoms with Gasteiger partial charge in [-0.2, -0.15) is 0 Å². The van der Waals surface area contributed by atoms with Gasteiger partial charge in [-0.3, -0.25) is 4.79 Å². The molecule has 16 heavy (non-hydrogen) atoms. The molecule has 0 aromatic carbocycles. The molecule has 0 aliphatic heterocycles. The van der Waals surface area contributed by atoms with Crippen LogP contribution in [0.15, 0.2) is 12.2 Å². The second kappa shape index (κ2) is 6.30. The van der Waals surface area contributed by atoms with E-state index in [1.165, 1.54) is 7.11 Å². The zero-order valence-electron chi connectivity index (χ0n) is 10.2. The Hall–Kier alpha value is -1.32.